The van der Waals surface area contributed by atoms with Gasteiger partial charge in [-0.3, -0.25) is 4.79 Å². The van der Waals surface area contributed by atoms with Gasteiger partial charge in [0.05, 0.1) is 0 Å². The SMILES string of the molecule is Cc1ccccc1NC(=O)/C(C#N)=C\NCCCCl. The summed E-state index contributed by atoms with van der Waals surface area (Å²) in [5.74, 6) is 0.119. The summed E-state index contributed by atoms with van der Waals surface area (Å²) >= 11 is 5.53. The van der Waals surface area contributed by atoms with Gasteiger partial charge in [-0.15, -0.1) is 11.6 Å². The normalized spacial score (nSPS) is 10.7. The minimum atomic E-state index is -0.421. The second kappa shape index (κ2) is 8.17. The first-order valence-electron chi connectivity index (χ1n) is 5.95. The van der Waals surface area contributed by atoms with Crippen LogP contribution in [0.4, 0.5) is 5.69 Å². The fourth-order valence-corrected chi connectivity index (χ4v) is 1.53. The molecule has 0 spiro atoms. The van der Waals surface area contributed by atoms with Crippen LogP contribution in [0.3, 0.4) is 0 Å². The van der Waals surface area contributed by atoms with Crippen LogP contribution < -0.4 is 10.6 Å². The van der Waals surface area contributed by atoms with Gasteiger partial charge in [-0.2, -0.15) is 5.26 Å². The Labute approximate surface area is 118 Å². The number of amides is 1. The van der Waals surface area contributed by atoms with Gasteiger partial charge < -0.3 is 10.6 Å². The Morgan fingerprint density at radius 1 is 1.47 bits per heavy atom. The van der Waals surface area contributed by atoms with E-state index in [2.05, 4.69) is 10.6 Å². The maximum atomic E-state index is 11.9. The molecule has 1 amide bonds. The third-order valence-corrected chi connectivity index (χ3v) is 2.73. The Morgan fingerprint density at radius 2 is 2.21 bits per heavy atom. The van der Waals surface area contributed by atoms with Gasteiger partial charge in [-0.25, -0.2) is 0 Å². The average molecular weight is 278 g/mol. The minimum Gasteiger partial charge on any atom is -0.390 e. The summed E-state index contributed by atoms with van der Waals surface area (Å²) in [6, 6.07) is 9.28. The Morgan fingerprint density at radius 3 is 2.84 bits per heavy atom. The minimum absolute atomic E-state index is 0.0397. The van der Waals surface area contributed by atoms with Crippen molar-refractivity contribution in [3.05, 3.63) is 41.6 Å². The molecule has 0 atom stereocenters. The van der Waals surface area contributed by atoms with Crippen LogP contribution in [0.2, 0.25) is 0 Å². The van der Waals surface area contributed by atoms with Crippen LogP contribution in [0.25, 0.3) is 0 Å². The zero-order chi connectivity index (χ0) is 14.1. The van der Waals surface area contributed by atoms with Crippen molar-refractivity contribution in [2.45, 2.75) is 13.3 Å². The summed E-state index contributed by atoms with van der Waals surface area (Å²) < 4.78 is 0. The maximum absolute atomic E-state index is 11.9. The number of carbonyl (C=O) groups is 1. The molecule has 0 bridgehead atoms. The molecule has 1 aromatic rings. The summed E-state index contributed by atoms with van der Waals surface area (Å²) in [5, 5.41) is 14.6. The lowest BCUT2D eigenvalue weighted by molar-refractivity contribution is -0.112. The van der Waals surface area contributed by atoms with E-state index < -0.39 is 5.91 Å². The second-order valence-corrected chi connectivity index (χ2v) is 4.31. The highest BCUT2D eigenvalue weighted by Crippen LogP contribution is 2.13. The Balaban J connectivity index is 2.65. The highest BCUT2D eigenvalue weighted by molar-refractivity contribution is 6.17. The van der Waals surface area contributed by atoms with Crippen molar-refractivity contribution >= 4 is 23.2 Å². The number of hydrogen-bond acceptors (Lipinski definition) is 3. The molecule has 0 heterocycles. The second-order valence-electron chi connectivity index (χ2n) is 3.94. The topological polar surface area (TPSA) is 64.9 Å². The van der Waals surface area contributed by atoms with E-state index >= 15 is 0 Å². The summed E-state index contributed by atoms with van der Waals surface area (Å²) in [7, 11) is 0. The number of nitriles is 1. The van der Waals surface area contributed by atoms with E-state index in [-0.39, 0.29) is 5.57 Å². The van der Waals surface area contributed by atoms with E-state index in [9.17, 15) is 4.79 Å². The number of anilines is 1. The van der Waals surface area contributed by atoms with E-state index in [1.165, 1.54) is 6.20 Å². The largest absolute Gasteiger partial charge is 0.390 e. The molecule has 0 fully saturated rings. The van der Waals surface area contributed by atoms with E-state index in [1.807, 2.05) is 31.2 Å². The van der Waals surface area contributed by atoms with Crippen molar-refractivity contribution in [3.63, 3.8) is 0 Å². The number of rotatable bonds is 6. The standard InChI is InChI=1S/C14H16ClN3O/c1-11-5-2-3-6-13(11)18-14(19)12(9-16)10-17-8-4-7-15/h2-3,5-6,10,17H,4,7-8H2,1H3,(H,18,19)/b12-10-. The molecule has 4 nitrogen and oxygen atoms in total. The first-order chi connectivity index (χ1) is 9.19. The summed E-state index contributed by atoms with van der Waals surface area (Å²) in [6.07, 6.45) is 2.19. The van der Waals surface area contributed by atoms with E-state index in [4.69, 9.17) is 16.9 Å². The molecule has 0 aromatic heterocycles. The van der Waals surface area contributed by atoms with Crippen molar-refractivity contribution < 1.29 is 4.79 Å². The smallest absolute Gasteiger partial charge is 0.267 e. The Bertz CT molecular complexity index is 506. The van der Waals surface area contributed by atoms with Gasteiger partial charge in [-0.05, 0) is 25.0 Å². The molecule has 19 heavy (non-hydrogen) atoms. The number of benzene rings is 1. The lowest BCUT2D eigenvalue weighted by Gasteiger charge is -2.07. The number of nitrogens with zero attached hydrogens (tertiary/aromatic N) is 1. The van der Waals surface area contributed by atoms with Crippen molar-refractivity contribution in [1.82, 2.24) is 5.32 Å². The van der Waals surface area contributed by atoms with Crippen LogP contribution in [0.5, 0.6) is 0 Å². The number of nitrogens with one attached hydrogen (secondary N) is 2. The maximum Gasteiger partial charge on any atom is 0.267 e. The first-order valence-corrected chi connectivity index (χ1v) is 6.49. The predicted molar refractivity (Wildman–Crippen MR) is 76.8 cm³/mol. The van der Waals surface area contributed by atoms with Crippen LogP contribution in [-0.2, 0) is 4.79 Å². The molecule has 0 saturated heterocycles. The molecule has 2 N–H and O–H groups in total. The van der Waals surface area contributed by atoms with Gasteiger partial charge in [0.25, 0.3) is 5.91 Å². The molecule has 0 saturated carbocycles. The zero-order valence-electron chi connectivity index (χ0n) is 10.7. The Kier molecular flexibility index (Phi) is 6.48. The quantitative estimate of drug-likeness (QED) is 0.363. The van der Waals surface area contributed by atoms with Crippen LogP contribution in [0.1, 0.15) is 12.0 Å². The van der Waals surface area contributed by atoms with Gasteiger partial charge >= 0.3 is 0 Å². The van der Waals surface area contributed by atoms with Crippen LogP contribution in [-0.4, -0.2) is 18.3 Å². The first kappa shape index (κ1) is 15.1. The molecule has 0 aliphatic carbocycles. The van der Waals surface area contributed by atoms with Crippen LogP contribution in [0, 0.1) is 18.3 Å². The van der Waals surface area contributed by atoms with E-state index in [1.54, 1.807) is 6.07 Å². The number of alkyl halides is 1. The van der Waals surface area contributed by atoms with Crippen molar-refractivity contribution in [2.24, 2.45) is 0 Å². The van der Waals surface area contributed by atoms with E-state index in [0.717, 1.165) is 12.0 Å². The fraction of sp³-hybridized carbons (Fsp3) is 0.286. The third kappa shape index (κ3) is 5.02. The molecule has 0 radical (unpaired) electrons. The lowest BCUT2D eigenvalue weighted by atomic mass is 10.2. The number of carbonyl (C=O) groups excluding carboxylic acids is 1. The van der Waals surface area contributed by atoms with Crippen molar-refractivity contribution in [1.29, 1.82) is 5.26 Å². The van der Waals surface area contributed by atoms with Gasteiger partial charge in [0.2, 0.25) is 0 Å². The van der Waals surface area contributed by atoms with E-state index in [0.29, 0.717) is 18.1 Å². The Hall–Kier alpha value is -1.99. The number of para-hydroxylation sites is 1. The fourth-order valence-electron chi connectivity index (χ4n) is 1.39. The van der Waals surface area contributed by atoms with Crippen LogP contribution >= 0.6 is 11.6 Å². The summed E-state index contributed by atoms with van der Waals surface area (Å²) in [5.41, 5.74) is 1.69. The highest BCUT2D eigenvalue weighted by atomic mass is 35.5. The molecular weight excluding hydrogens is 262 g/mol. The van der Waals surface area contributed by atoms with Gasteiger partial charge in [-0.1, -0.05) is 18.2 Å². The van der Waals surface area contributed by atoms with Crippen LogP contribution in [0.15, 0.2) is 36.0 Å². The molecule has 0 aliphatic heterocycles. The van der Waals surface area contributed by atoms with Crippen molar-refractivity contribution in [3.8, 4) is 6.07 Å². The molecular formula is C14H16ClN3O. The third-order valence-electron chi connectivity index (χ3n) is 2.46. The molecule has 1 rings (SSSR count). The number of aryl methyl sites for hydroxylation is 1. The predicted octanol–water partition coefficient (Wildman–Crippen LogP) is 2.56. The molecule has 100 valence electrons. The average Bonchev–Trinajstić information content (AvgIpc) is 2.41. The summed E-state index contributed by atoms with van der Waals surface area (Å²) in [4.78, 5) is 11.9. The van der Waals surface area contributed by atoms with Gasteiger partial charge in [0.1, 0.15) is 11.6 Å². The van der Waals surface area contributed by atoms with Gasteiger partial charge in [0.15, 0.2) is 0 Å². The molecule has 0 unspecified atom stereocenters. The number of hydrogen-bond donors (Lipinski definition) is 2. The summed E-state index contributed by atoms with van der Waals surface area (Å²) in [6.45, 7) is 2.52. The highest BCUT2D eigenvalue weighted by Gasteiger charge is 2.09. The lowest BCUT2D eigenvalue weighted by Crippen LogP contribution is -2.17. The number of halogens is 1. The van der Waals surface area contributed by atoms with Crippen molar-refractivity contribution in [2.75, 3.05) is 17.7 Å². The zero-order valence-corrected chi connectivity index (χ0v) is 11.5. The monoisotopic (exact) mass is 277 g/mol. The molecule has 5 heteroatoms. The molecule has 0 aliphatic rings. The molecule has 1 aromatic carbocycles. The van der Waals surface area contributed by atoms with Gasteiger partial charge in [0, 0.05) is 24.3 Å².